The molecule has 0 unspecified atom stereocenters. The van der Waals surface area contributed by atoms with Gasteiger partial charge in [-0.05, 0) is 43.3 Å². The van der Waals surface area contributed by atoms with Gasteiger partial charge in [0, 0.05) is 13.1 Å². The summed E-state index contributed by atoms with van der Waals surface area (Å²) in [5.74, 6) is -0.755. The molecule has 1 aromatic rings. The van der Waals surface area contributed by atoms with Crippen LogP contribution in [0.3, 0.4) is 0 Å². The summed E-state index contributed by atoms with van der Waals surface area (Å²) < 4.78 is 44.2. The van der Waals surface area contributed by atoms with E-state index in [1.54, 1.807) is 13.0 Å². The third-order valence-corrected chi connectivity index (χ3v) is 5.43. The molecule has 2 fully saturated rings. The number of rotatable bonds is 1. The van der Waals surface area contributed by atoms with Gasteiger partial charge in [0.2, 0.25) is 0 Å². The van der Waals surface area contributed by atoms with E-state index in [2.05, 4.69) is 4.37 Å². The summed E-state index contributed by atoms with van der Waals surface area (Å²) in [7, 11) is 0. The van der Waals surface area contributed by atoms with Crippen molar-refractivity contribution in [1.82, 2.24) is 9.27 Å². The molecule has 2 atom stereocenters. The van der Waals surface area contributed by atoms with Crippen LogP contribution in [-0.4, -0.2) is 34.4 Å². The molecule has 0 radical (unpaired) electrons. The number of halogens is 3. The van der Waals surface area contributed by atoms with Gasteiger partial charge in [-0.3, -0.25) is 4.79 Å². The summed E-state index contributed by atoms with van der Waals surface area (Å²) in [5.41, 5.74) is -0.953. The van der Waals surface area contributed by atoms with E-state index >= 15 is 0 Å². The number of hydrogen-bond acceptors (Lipinski definition) is 3. The Hall–Kier alpha value is -1.11. The van der Waals surface area contributed by atoms with E-state index in [9.17, 15) is 18.0 Å². The second kappa shape index (κ2) is 4.44. The van der Waals surface area contributed by atoms with Crippen molar-refractivity contribution in [2.45, 2.75) is 32.4 Å². The summed E-state index contributed by atoms with van der Waals surface area (Å²) in [6.07, 6.45) is -2.92. The lowest BCUT2D eigenvalue weighted by atomic mass is 9.80. The zero-order valence-corrected chi connectivity index (χ0v) is 11.9. The number of carbonyl (C=O) groups excluding carboxylic acids is 1. The normalized spacial score (nSPS) is 29.8. The highest BCUT2D eigenvalue weighted by molar-refractivity contribution is 7.08. The van der Waals surface area contributed by atoms with Gasteiger partial charge in [-0.15, -0.1) is 0 Å². The van der Waals surface area contributed by atoms with Gasteiger partial charge in [0.25, 0.3) is 5.91 Å². The molecule has 1 aliphatic carbocycles. The van der Waals surface area contributed by atoms with Crippen molar-refractivity contribution < 1.29 is 18.0 Å². The van der Waals surface area contributed by atoms with Crippen molar-refractivity contribution in [3.05, 3.63) is 16.6 Å². The maximum absolute atomic E-state index is 13.4. The fraction of sp³-hybridized carbons (Fsp3) is 0.692. The Morgan fingerprint density at radius 1 is 1.55 bits per heavy atom. The van der Waals surface area contributed by atoms with Gasteiger partial charge in [-0.1, -0.05) is 6.42 Å². The van der Waals surface area contributed by atoms with Gasteiger partial charge in [-0.2, -0.15) is 17.5 Å². The Kier molecular flexibility index (Phi) is 3.08. The predicted octanol–water partition coefficient (Wildman–Crippen LogP) is 3.26. The molecule has 20 heavy (non-hydrogen) atoms. The average molecular weight is 304 g/mol. The van der Waals surface area contributed by atoms with Crippen molar-refractivity contribution >= 4 is 17.4 Å². The molecule has 2 heterocycles. The highest BCUT2D eigenvalue weighted by atomic mass is 32.1. The molecule has 0 N–H and O–H groups in total. The Balaban J connectivity index is 1.84. The van der Waals surface area contributed by atoms with E-state index in [0.717, 1.165) is 17.2 Å². The Labute approximate surface area is 118 Å². The number of amides is 1. The second-order valence-electron chi connectivity index (χ2n) is 5.76. The lowest BCUT2D eigenvalue weighted by molar-refractivity contribution is -0.226. The molecule has 1 aromatic heterocycles. The van der Waals surface area contributed by atoms with E-state index in [1.165, 1.54) is 4.90 Å². The zero-order valence-electron chi connectivity index (χ0n) is 11.0. The first-order valence-corrected chi connectivity index (χ1v) is 7.40. The van der Waals surface area contributed by atoms with Crippen LogP contribution < -0.4 is 0 Å². The fourth-order valence-electron chi connectivity index (χ4n) is 3.53. The minimum absolute atomic E-state index is 0.146. The monoisotopic (exact) mass is 304 g/mol. The van der Waals surface area contributed by atoms with Crippen LogP contribution in [0, 0.1) is 18.3 Å². The molecule has 7 heteroatoms. The van der Waals surface area contributed by atoms with Crippen LogP contribution in [-0.2, 0) is 0 Å². The van der Waals surface area contributed by atoms with E-state index in [-0.39, 0.29) is 25.4 Å². The van der Waals surface area contributed by atoms with Crippen molar-refractivity contribution in [1.29, 1.82) is 0 Å². The third-order valence-electron chi connectivity index (χ3n) is 4.56. The highest BCUT2D eigenvalue weighted by Crippen LogP contribution is 2.57. The lowest BCUT2D eigenvalue weighted by Crippen LogP contribution is -2.42. The molecule has 3 rings (SSSR count). The SMILES string of the molecule is Cc1cc(C(=O)N2C[C@@H]3CCC[C@]3(C(F)(F)F)C2)sn1. The van der Waals surface area contributed by atoms with Gasteiger partial charge in [0.15, 0.2) is 0 Å². The van der Waals surface area contributed by atoms with Gasteiger partial charge in [0.1, 0.15) is 4.88 Å². The smallest absolute Gasteiger partial charge is 0.337 e. The number of aromatic nitrogens is 1. The fourth-order valence-corrected chi connectivity index (χ4v) is 4.25. The van der Waals surface area contributed by atoms with Crippen LogP contribution >= 0.6 is 11.5 Å². The Morgan fingerprint density at radius 3 is 2.85 bits per heavy atom. The molecule has 110 valence electrons. The number of aryl methyl sites for hydroxylation is 1. The van der Waals surface area contributed by atoms with Crippen LogP contribution in [0.25, 0.3) is 0 Å². The average Bonchev–Trinajstić information content (AvgIpc) is 2.98. The topological polar surface area (TPSA) is 33.2 Å². The van der Waals surface area contributed by atoms with Gasteiger partial charge in [-0.25, -0.2) is 0 Å². The van der Waals surface area contributed by atoms with Crippen molar-refractivity contribution in [2.24, 2.45) is 11.3 Å². The Bertz CT molecular complexity index is 542. The summed E-state index contributed by atoms with van der Waals surface area (Å²) in [4.78, 5) is 14.1. The third kappa shape index (κ3) is 1.94. The quantitative estimate of drug-likeness (QED) is 0.798. The molecule has 3 nitrogen and oxygen atoms in total. The maximum atomic E-state index is 13.4. The molecule has 0 bridgehead atoms. The first kappa shape index (κ1) is 13.9. The molecule has 1 aliphatic heterocycles. The first-order chi connectivity index (χ1) is 9.33. The molecule has 1 saturated heterocycles. The van der Waals surface area contributed by atoms with Crippen LogP contribution in [0.15, 0.2) is 6.07 Å². The molecule has 2 aliphatic rings. The molecule has 1 amide bonds. The minimum atomic E-state index is -4.23. The molecular weight excluding hydrogens is 289 g/mol. The number of likely N-dealkylation sites (tertiary alicyclic amines) is 1. The van der Waals surface area contributed by atoms with Crippen LogP contribution in [0.4, 0.5) is 13.2 Å². The number of fused-ring (bicyclic) bond motifs is 1. The predicted molar refractivity (Wildman–Crippen MR) is 68.6 cm³/mol. The van der Waals surface area contributed by atoms with E-state index < -0.39 is 17.5 Å². The molecule has 1 saturated carbocycles. The number of alkyl halides is 3. The first-order valence-electron chi connectivity index (χ1n) is 6.63. The Morgan fingerprint density at radius 2 is 2.30 bits per heavy atom. The van der Waals surface area contributed by atoms with Gasteiger partial charge in [0.05, 0.1) is 11.1 Å². The lowest BCUT2D eigenvalue weighted by Gasteiger charge is -2.31. The van der Waals surface area contributed by atoms with Crippen LogP contribution in [0.5, 0.6) is 0 Å². The van der Waals surface area contributed by atoms with Crippen molar-refractivity contribution in [3.63, 3.8) is 0 Å². The summed E-state index contributed by atoms with van der Waals surface area (Å²) in [6, 6.07) is 1.64. The van der Waals surface area contributed by atoms with E-state index in [4.69, 9.17) is 0 Å². The van der Waals surface area contributed by atoms with E-state index in [0.29, 0.717) is 17.7 Å². The standard InChI is InChI=1S/C13H15F3N2OS/c1-8-5-10(20-17-8)11(19)18-6-9-3-2-4-12(9,7-18)13(14,15)16/h5,9H,2-4,6-7H2,1H3/t9-,12-/m0/s1. The van der Waals surface area contributed by atoms with E-state index in [1.807, 2.05) is 0 Å². The molecule has 0 spiro atoms. The summed E-state index contributed by atoms with van der Waals surface area (Å²) in [5, 5.41) is 0. The molecule has 0 aromatic carbocycles. The van der Waals surface area contributed by atoms with Crippen LogP contribution in [0.1, 0.15) is 34.6 Å². The molecular formula is C13H15F3N2OS. The van der Waals surface area contributed by atoms with Gasteiger partial charge >= 0.3 is 6.18 Å². The zero-order chi connectivity index (χ0) is 14.5. The highest BCUT2D eigenvalue weighted by Gasteiger charge is 2.65. The minimum Gasteiger partial charge on any atom is -0.337 e. The maximum Gasteiger partial charge on any atom is 0.396 e. The summed E-state index contributed by atoms with van der Waals surface area (Å²) >= 11 is 1.06. The van der Waals surface area contributed by atoms with Gasteiger partial charge < -0.3 is 4.90 Å². The number of hydrogen-bond donors (Lipinski definition) is 0. The van der Waals surface area contributed by atoms with Crippen LogP contribution in [0.2, 0.25) is 0 Å². The van der Waals surface area contributed by atoms with Crippen molar-refractivity contribution in [3.8, 4) is 0 Å². The largest absolute Gasteiger partial charge is 0.396 e. The number of nitrogens with zero attached hydrogens (tertiary/aromatic N) is 2. The second-order valence-corrected chi connectivity index (χ2v) is 6.57. The number of carbonyl (C=O) groups is 1. The summed E-state index contributed by atoms with van der Waals surface area (Å²) in [6.45, 7) is 1.79. The van der Waals surface area contributed by atoms with Crippen molar-refractivity contribution in [2.75, 3.05) is 13.1 Å².